The maximum Gasteiger partial charge on any atom is 0.164 e. The number of aromatic nitrogens is 3. The highest BCUT2D eigenvalue weighted by Crippen LogP contribution is 2.64. The number of thiophene rings is 2. The third-order valence-corrected chi connectivity index (χ3v) is 18.5. The zero-order valence-electron chi connectivity index (χ0n) is 40.6. The van der Waals surface area contributed by atoms with Gasteiger partial charge in [-0.15, -0.1) is 22.7 Å². The van der Waals surface area contributed by atoms with Crippen LogP contribution < -0.4 is 0 Å². The molecule has 0 bridgehead atoms. The Morgan fingerprint density at radius 1 is 0.289 bits per heavy atom. The number of hydrogen-bond acceptors (Lipinski definition) is 6. The van der Waals surface area contributed by atoms with E-state index in [0.717, 1.165) is 55.1 Å². The predicted molar refractivity (Wildman–Crippen MR) is 316 cm³/mol. The van der Waals surface area contributed by atoms with Gasteiger partial charge in [-0.3, -0.25) is 0 Å². The highest BCUT2D eigenvalue weighted by atomic mass is 32.1. The first kappa shape index (κ1) is 42.1. The summed E-state index contributed by atoms with van der Waals surface area (Å²) in [5.74, 6) is 1.86. The lowest BCUT2D eigenvalue weighted by atomic mass is 9.70. The van der Waals surface area contributed by atoms with E-state index in [0.29, 0.717) is 17.5 Å². The van der Waals surface area contributed by atoms with Crippen LogP contribution in [0.25, 0.3) is 141 Å². The molecule has 17 rings (SSSR count). The molecule has 4 aromatic heterocycles. The van der Waals surface area contributed by atoms with E-state index in [9.17, 15) is 0 Å². The van der Waals surface area contributed by atoms with Crippen LogP contribution in [-0.4, -0.2) is 15.0 Å². The molecule has 1 spiro atoms. The second-order valence-electron chi connectivity index (χ2n) is 20.1. The van der Waals surface area contributed by atoms with Crippen LogP contribution in [0, 0.1) is 0 Å². The smallest absolute Gasteiger partial charge is 0.164 e. The van der Waals surface area contributed by atoms with E-state index in [1.807, 2.05) is 12.1 Å². The molecule has 4 nitrogen and oxygen atoms in total. The van der Waals surface area contributed by atoms with Gasteiger partial charge in [-0.2, -0.15) is 0 Å². The van der Waals surface area contributed by atoms with E-state index in [1.54, 1.807) is 22.7 Å². The number of rotatable bonds is 5. The molecule has 0 unspecified atom stereocenters. The van der Waals surface area contributed by atoms with Gasteiger partial charge < -0.3 is 4.42 Å². The molecule has 352 valence electrons. The molecular formula is C70H39N3OS2. The van der Waals surface area contributed by atoms with Crippen molar-refractivity contribution in [2.75, 3.05) is 0 Å². The Kier molecular flexibility index (Phi) is 8.77. The van der Waals surface area contributed by atoms with Gasteiger partial charge >= 0.3 is 0 Å². The first-order chi connectivity index (χ1) is 37.7. The summed E-state index contributed by atoms with van der Waals surface area (Å²) in [7, 11) is 0. The van der Waals surface area contributed by atoms with Crippen LogP contribution in [0.3, 0.4) is 0 Å². The molecule has 0 aliphatic heterocycles. The predicted octanol–water partition coefficient (Wildman–Crippen LogP) is 19.2. The zero-order chi connectivity index (χ0) is 49.6. The van der Waals surface area contributed by atoms with Crippen LogP contribution in [-0.2, 0) is 5.41 Å². The number of nitrogens with zero attached hydrogens (tertiary/aromatic N) is 3. The van der Waals surface area contributed by atoms with E-state index < -0.39 is 0 Å². The second kappa shape index (κ2) is 15.8. The number of benzene rings is 11. The lowest BCUT2D eigenvalue weighted by Crippen LogP contribution is -2.25. The molecular weight excluding hydrogens is 963 g/mol. The van der Waals surface area contributed by atoms with Crippen LogP contribution in [0.5, 0.6) is 0 Å². The highest BCUT2D eigenvalue weighted by Gasteiger charge is 2.52. The maximum atomic E-state index is 6.67. The summed E-state index contributed by atoms with van der Waals surface area (Å²) in [6, 6.07) is 86.1. The van der Waals surface area contributed by atoms with Gasteiger partial charge in [-0.05, 0) is 109 Å². The molecule has 0 fully saturated rings. The van der Waals surface area contributed by atoms with E-state index in [4.69, 9.17) is 19.4 Å². The second-order valence-corrected chi connectivity index (χ2v) is 22.2. The summed E-state index contributed by atoms with van der Waals surface area (Å²) in [5.41, 5.74) is 19.3. The van der Waals surface area contributed by atoms with Gasteiger partial charge in [-0.1, -0.05) is 194 Å². The summed E-state index contributed by atoms with van der Waals surface area (Å²) in [4.78, 5) is 16.1. The van der Waals surface area contributed by atoms with Crippen molar-refractivity contribution in [3.63, 3.8) is 0 Å². The Hall–Kier alpha value is -9.33. The molecule has 0 saturated carbocycles. The molecule has 11 aromatic carbocycles. The Bertz CT molecular complexity index is 4920. The standard InChI is InChI=1S/C70H39N3OS2/c1-6-22-54-45(14-1)46-15-2-7-23-55(46)70(54)56-24-8-3-17-49(56)64-44(19-11-25-57(64)70)41-32-30-40(31-33-41)42-35-37-58-53(38-42)65-51(20-12-26-59(65)74-58)68-71-67(43-34-36-48-47-16-4-9-27-60(47)76-63(48)39-43)72-69(73-68)52-21-13-29-62-66(52)50-18-5-10-28-61(50)75-62/h1-39H. The lowest BCUT2D eigenvalue weighted by Gasteiger charge is -2.30. The first-order valence-corrected chi connectivity index (χ1v) is 27.4. The van der Waals surface area contributed by atoms with Crippen molar-refractivity contribution in [1.29, 1.82) is 0 Å². The van der Waals surface area contributed by atoms with Crippen molar-refractivity contribution >= 4 is 85.0 Å². The summed E-state index contributed by atoms with van der Waals surface area (Å²) >= 11 is 3.60. The summed E-state index contributed by atoms with van der Waals surface area (Å²) < 4.78 is 11.6. The van der Waals surface area contributed by atoms with E-state index in [1.165, 1.54) is 90.6 Å². The summed E-state index contributed by atoms with van der Waals surface area (Å²) in [5, 5.41) is 6.83. The molecule has 76 heavy (non-hydrogen) atoms. The van der Waals surface area contributed by atoms with Gasteiger partial charge in [0.25, 0.3) is 0 Å². The molecule has 0 atom stereocenters. The van der Waals surface area contributed by atoms with Gasteiger partial charge in [0.1, 0.15) is 11.2 Å². The first-order valence-electron chi connectivity index (χ1n) is 25.7. The van der Waals surface area contributed by atoms with E-state index in [2.05, 4.69) is 224 Å². The topological polar surface area (TPSA) is 51.8 Å². The van der Waals surface area contributed by atoms with Crippen LogP contribution in [0.4, 0.5) is 0 Å². The number of hydrogen-bond donors (Lipinski definition) is 0. The Labute approximate surface area is 444 Å². The van der Waals surface area contributed by atoms with E-state index >= 15 is 0 Å². The normalized spacial score (nSPS) is 13.1. The van der Waals surface area contributed by atoms with Crippen LogP contribution in [0.2, 0.25) is 0 Å². The van der Waals surface area contributed by atoms with Gasteiger partial charge in [0, 0.05) is 67.8 Å². The van der Waals surface area contributed by atoms with Crippen molar-refractivity contribution < 1.29 is 4.42 Å². The molecule has 4 heterocycles. The molecule has 0 saturated heterocycles. The Balaban J connectivity index is 0.805. The third-order valence-electron chi connectivity index (χ3n) is 16.2. The van der Waals surface area contributed by atoms with Crippen molar-refractivity contribution in [1.82, 2.24) is 15.0 Å². The van der Waals surface area contributed by atoms with Crippen LogP contribution >= 0.6 is 22.7 Å². The third kappa shape index (κ3) is 5.85. The fourth-order valence-corrected chi connectivity index (χ4v) is 15.3. The van der Waals surface area contributed by atoms with Crippen molar-refractivity contribution in [3.05, 3.63) is 259 Å². The van der Waals surface area contributed by atoms with Gasteiger partial charge in [0.05, 0.1) is 5.41 Å². The lowest BCUT2D eigenvalue weighted by molar-refractivity contribution is 0.669. The quantitative estimate of drug-likeness (QED) is 0.172. The van der Waals surface area contributed by atoms with Crippen molar-refractivity contribution in [2.45, 2.75) is 5.41 Å². The summed E-state index contributed by atoms with van der Waals surface area (Å²) in [6.45, 7) is 0. The molecule has 2 aliphatic rings. The monoisotopic (exact) mass is 1000 g/mol. The molecule has 0 radical (unpaired) electrons. The van der Waals surface area contributed by atoms with E-state index in [-0.39, 0.29) is 5.41 Å². The minimum atomic E-state index is -0.387. The Morgan fingerprint density at radius 3 is 1.58 bits per heavy atom. The average Bonchev–Trinajstić information content (AvgIpc) is 4.35. The van der Waals surface area contributed by atoms with Crippen molar-refractivity contribution in [3.8, 4) is 78.7 Å². The fourth-order valence-electron chi connectivity index (χ4n) is 13.0. The molecule has 0 N–H and O–H groups in total. The molecule has 6 heteroatoms. The van der Waals surface area contributed by atoms with Crippen LogP contribution in [0.1, 0.15) is 22.3 Å². The number of fused-ring (bicyclic) bond motifs is 19. The fraction of sp³-hybridized carbons (Fsp3) is 0.0143. The van der Waals surface area contributed by atoms with Crippen molar-refractivity contribution in [2.24, 2.45) is 0 Å². The SMILES string of the molecule is c1ccc2c(c1)-c1ccccc1C21c2ccccc2-c2c(-c3ccc(-c4ccc5oc6cccc(-c7nc(-c8ccc9c(c8)sc8ccccc89)nc(-c8cccc9sc%10ccccc%10c89)n7)c6c5c4)cc3)cccc21. The van der Waals surface area contributed by atoms with Gasteiger partial charge in [-0.25, -0.2) is 15.0 Å². The summed E-state index contributed by atoms with van der Waals surface area (Å²) in [6.07, 6.45) is 0. The molecule has 15 aromatic rings. The average molecular weight is 1000 g/mol. The minimum absolute atomic E-state index is 0.387. The molecule has 2 aliphatic carbocycles. The zero-order valence-corrected chi connectivity index (χ0v) is 42.2. The van der Waals surface area contributed by atoms with Gasteiger partial charge in [0.2, 0.25) is 0 Å². The van der Waals surface area contributed by atoms with Gasteiger partial charge in [0.15, 0.2) is 17.5 Å². The number of furan rings is 1. The minimum Gasteiger partial charge on any atom is -0.456 e. The highest BCUT2D eigenvalue weighted by molar-refractivity contribution is 7.26. The molecule has 0 amide bonds. The Morgan fingerprint density at radius 2 is 0.803 bits per heavy atom. The maximum absolute atomic E-state index is 6.67. The largest absolute Gasteiger partial charge is 0.456 e. The van der Waals surface area contributed by atoms with Crippen LogP contribution in [0.15, 0.2) is 241 Å².